The van der Waals surface area contributed by atoms with Crippen molar-refractivity contribution in [3.63, 3.8) is 0 Å². The molecule has 0 radical (unpaired) electrons. The summed E-state index contributed by atoms with van der Waals surface area (Å²) in [5, 5.41) is 3.10. The van der Waals surface area contributed by atoms with E-state index >= 15 is 0 Å². The van der Waals surface area contributed by atoms with Crippen LogP contribution in [-0.2, 0) is 4.79 Å². The third-order valence-corrected chi connectivity index (χ3v) is 5.25. The molecule has 19 heavy (non-hydrogen) atoms. The molecule has 0 aliphatic heterocycles. The van der Waals surface area contributed by atoms with E-state index in [1.807, 2.05) is 0 Å². The third-order valence-electron chi connectivity index (χ3n) is 5.25. The summed E-state index contributed by atoms with van der Waals surface area (Å²) in [6, 6.07) is 0. The Morgan fingerprint density at radius 2 is 1.89 bits per heavy atom. The van der Waals surface area contributed by atoms with E-state index in [1.165, 1.54) is 57.8 Å². The van der Waals surface area contributed by atoms with Crippen LogP contribution in [0.3, 0.4) is 0 Å². The van der Waals surface area contributed by atoms with Crippen molar-refractivity contribution >= 4 is 5.91 Å². The van der Waals surface area contributed by atoms with Crippen molar-refractivity contribution in [1.82, 2.24) is 5.32 Å². The molecule has 0 spiro atoms. The molecule has 1 amide bonds. The molecule has 3 heteroatoms. The number of nitrogens with two attached hydrogens (primary N) is 1. The van der Waals surface area contributed by atoms with E-state index in [9.17, 15) is 4.79 Å². The maximum Gasteiger partial charge on any atom is 0.220 e. The van der Waals surface area contributed by atoms with Gasteiger partial charge in [0.1, 0.15) is 0 Å². The van der Waals surface area contributed by atoms with Crippen LogP contribution in [0.2, 0.25) is 0 Å². The first-order valence-corrected chi connectivity index (χ1v) is 8.21. The molecule has 2 fully saturated rings. The standard InChI is InChI=1S/C16H30N2O/c17-12-16(10-5-11-16)13-18-15(19)9-4-8-14-6-2-1-3-7-14/h14H,1-13,17H2,(H,18,19). The number of hydrogen-bond acceptors (Lipinski definition) is 2. The highest BCUT2D eigenvalue weighted by atomic mass is 16.1. The monoisotopic (exact) mass is 266 g/mol. The summed E-state index contributed by atoms with van der Waals surface area (Å²) in [6.45, 7) is 1.51. The zero-order valence-electron chi connectivity index (χ0n) is 12.3. The van der Waals surface area contributed by atoms with Crippen LogP contribution < -0.4 is 11.1 Å². The Morgan fingerprint density at radius 1 is 1.16 bits per heavy atom. The second-order valence-corrected chi connectivity index (χ2v) is 6.73. The minimum Gasteiger partial charge on any atom is -0.355 e. The van der Waals surface area contributed by atoms with Crippen molar-refractivity contribution in [2.75, 3.05) is 13.1 Å². The molecular weight excluding hydrogens is 236 g/mol. The highest BCUT2D eigenvalue weighted by Crippen LogP contribution is 2.39. The molecule has 0 heterocycles. The van der Waals surface area contributed by atoms with Gasteiger partial charge in [0.15, 0.2) is 0 Å². The van der Waals surface area contributed by atoms with Gasteiger partial charge in [0.05, 0.1) is 0 Å². The summed E-state index contributed by atoms with van der Waals surface area (Å²) < 4.78 is 0. The zero-order chi connectivity index (χ0) is 13.6. The number of amides is 1. The normalized spacial score (nSPS) is 22.8. The van der Waals surface area contributed by atoms with Crippen molar-refractivity contribution in [2.24, 2.45) is 17.1 Å². The van der Waals surface area contributed by atoms with E-state index in [4.69, 9.17) is 5.73 Å². The van der Waals surface area contributed by atoms with Crippen LogP contribution in [0.5, 0.6) is 0 Å². The Kier molecular flexibility index (Phi) is 5.68. The smallest absolute Gasteiger partial charge is 0.220 e. The average molecular weight is 266 g/mol. The minimum absolute atomic E-state index is 0.232. The molecule has 110 valence electrons. The van der Waals surface area contributed by atoms with E-state index in [-0.39, 0.29) is 11.3 Å². The summed E-state index contributed by atoms with van der Waals surface area (Å²) in [4.78, 5) is 11.8. The molecule has 0 saturated heterocycles. The van der Waals surface area contributed by atoms with Crippen LogP contribution in [0.25, 0.3) is 0 Å². The van der Waals surface area contributed by atoms with Crippen molar-refractivity contribution in [2.45, 2.75) is 70.6 Å². The molecule has 0 aromatic carbocycles. The molecular formula is C16H30N2O. The van der Waals surface area contributed by atoms with E-state index in [0.717, 1.165) is 25.4 Å². The fourth-order valence-electron chi connectivity index (χ4n) is 3.53. The van der Waals surface area contributed by atoms with Crippen LogP contribution in [0.15, 0.2) is 0 Å². The molecule has 0 aromatic rings. The average Bonchev–Trinajstić information content (AvgIpc) is 2.39. The lowest BCUT2D eigenvalue weighted by Gasteiger charge is -2.41. The van der Waals surface area contributed by atoms with Gasteiger partial charge in [-0.1, -0.05) is 38.5 Å². The predicted molar refractivity (Wildman–Crippen MR) is 78.8 cm³/mol. The second-order valence-electron chi connectivity index (χ2n) is 6.73. The topological polar surface area (TPSA) is 55.1 Å². The van der Waals surface area contributed by atoms with Crippen molar-refractivity contribution in [3.05, 3.63) is 0 Å². The molecule has 2 aliphatic rings. The lowest BCUT2D eigenvalue weighted by atomic mass is 9.69. The summed E-state index contributed by atoms with van der Waals surface area (Å²) in [5.41, 5.74) is 6.04. The molecule has 0 unspecified atom stereocenters. The Balaban J connectivity index is 1.54. The van der Waals surface area contributed by atoms with Crippen LogP contribution in [0.1, 0.15) is 70.6 Å². The second kappa shape index (κ2) is 7.28. The van der Waals surface area contributed by atoms with Crippen LogP contribution >= 0.6 is 0 Å². The minimum atomic E-state index is 0.232. The molecule has 2 rings (SSSR count). The van der Waals surface area contributed by atoms with Gasteiger partial charge in [-0.25, -0.2) is 0 Å². The lowest BCUT2D eigenvalue weighted by molar-refractivity contribution is -0.122. The van der Waals surface area contributed by atoms with E-state index in [1.54, 1.807) is 0 Å². The fourth-order valence-corrected chi connectivity index (χ4v) is 3.53. The first-order chi connectivity index (χ1) is 9.24. The number of nitrogens with one attached hydrogen (secondary N) is 1. The van der Waals surface area contributed by atoms with Gasteiger partial charge < -0.3 is 11.1 Å². The quantitative estimate of drug-likeness (QED) is 0.744. The number of rotatable bonds is 7. The van der Waals surface area contributed by atoms with Crippen molar-refractivity contribution in [3.8, 4) is 0 Å². The Bertz CT molecular complexity index is 275. The Morgan fingerprint density at radius 3 is 2.47 bits per heavy atom. The number of carbonyl (C=O) groups is 1. The van der Waals surface area contributed by atoms with Crippen LogP contribution in [0, 0.1) is 11.3 Å². The van der Waals surface area contributed by atoms with E-state index in [0.29, 0.717) is 6.42 Å². The SMILES string of the molecule is NCC1(CNC(=O)CCCC2CCCCC2)CCC1. The molecule has 3 N–H and O–H groups in total. The first kappa shape index (κ1) is 14.8. The first-order valence-electron chi connectivity index (χ1n) is 8.21. The van der Waals surface area contributed by atoms with Gasteiger partial charge in [0, 0.05) is 13.0 Å². The summed E-state index contributed by atoms with van der Waals surface area (Å²) >= 11 is 0. The van der Waals surface area contributed by atoms with Gasteiger partial charge >= 0.3 is 0 Å². The van der Waals surface area contributed by atoms with Crippen molar-refractivity contribution < 1.29 is 4.79 Å². The molecule has 2 saturated carbocycles. The highest BCUT2D eigenvalue weighted by Gasteiger charge is 2.35. The molecule has 0 aromatic heterocycles. The fraction of sp³-hybridized carbons (Fsp3) is 0.938. The maximum absolute atomic E-state index is 11.8. The summed E-state index contributed by atoms with van der Waals surface area (Å²) in [5.74, 6) is 1.12. The number of hydrogen-bond donors (Lipinski definition) is 2. The maximum atomic E-state index is 11.8. The third kappa shape index (κ3) is 4.48. The molecule has 2 aliphatic carbocycles. The summed E-state index contributed by atoms with van der Waals surface area (Å²) in [6.07, 6.45) is 13.6. The van der Waals surface area contributed by atoms with Gasteiger partial charge in [-0.2, -0.15) is 0 Å². The summed E-state index contributed by atoms with van der Waals surface area (Å²) in [7, 11) is 0. The molecule has 3 nitrogen and oxygen atoms in total. The molecule has 0 bridgehead atoms. The largest absolute Gasteiger partial charge is 0.355 e. The van der Waals surface area contributed by atoms with Gasteiger partial charge in [-0.05, 0) is 43.6 Å². The van der Waals surface area contributed by atoms with Gasteiger partial charge in [0.25, 0.3) is 0 Å². The number of carbonyl (C=O) groups excluding carboxylic acids is 1. The van der Waals surface area contributed by atoms with Crippen LogP contribution in [-0.4, -0.2) is 19.0 Å². The Labute approximate surface area is 117 Å². The van der Waals surface area contributed by atoms with Gasteiger partial charge in [-0.15, -0.1) is 0 Å². The predicted octanol–water partition coefficient (Wildman–Crippen LogP) is 2.98. The van der Waals surface area contributed by atoms with Crippen molar-refractivity contribution in [1.29, 1.82) is 0 Å². The van der Waals surface area contributed by atoms with E-state index < -0.39 is 0 Å². The van der Waals surface area contributed by atoms with Gasteiger partial charge in [-0.3, -0.25) is 4.79 Å². The van der Waals surface area contributed by atoms with Crippen LogP contribution in [0.4, 0.5) is 0 Å². The molecule has 0 atom stereocenters. The van der Waals surface area contributed by atoms with Gasteiger partial charge in [0.2, 0.25) is 5.91 Å². The van der Waals surface area contributed by atoms with E-state index in [2.05, 4.69) is 5.32 Å². The zero-order valence-corrected chi connectivity index (χ0v) is 12.3. The Hall–Kier alpha value is -0.570. The highest BCUT2D eigenvalue weighted by molar-refractivity contribution is 5.75. The lowest BCUT2D eigenvalue weighted by Crippen LogP contribution is -2.46.